The van der Waals surface area contributed by atoms with Gasteiger partial charge < -0.3 is 0 Å². The van der Waals surface area contributed by atoms with Crippen LogP contribution in [0.1, 0.15) is 10.4 Å². The minimum atomic E-state index is -0.813. The van der Waals surface area contributed by atoms with Gasteiger partial charge >= 0.3 is 5.97 Å². The maximum atomic E-state index is 10.6. The molecule has 1 N–H and O–H groups in total. The standard InChI is InChI=1S/C7H5ClO3.C4H4S/c8-6-3-1-2-5(4-6)7(9)11-10;1-2-4-5-3-1/h1-4,10H;1-4H. The van der Waals surface area contributed by atoms with Crippen LogP contribution in [0.3, 0.4) is 0 Å². The molecule has 1 heterocycles. The average molecular weight is 257 g/mol. The second-order valence-electron chi connectivity index (χ2n) is 2.68. The number of carbonyl (C=O) groups excluding carboxylic acids is 1. The minimum absolute atomic E-state index is 0.222. The number of hydrogen-bond donors (Lipinski definition) is 1. The van der Waals surface area contributed by atoms with Gasteiger partial charge in [-0.1, -0.05) is 29.8 Å². The number of hydrogen-bond acceptors (Lipinski definition) is 4. The highest BCUT2D eigenvalue weighted by Crippen LogP contribution is 2.10. The van der Waals surface area contributed by atoms with E-state index in [0.717, 1.165) is 0 Å². The lowest BCUT2D eigenvalue weighted by Crippen LogP contribution is -2.00. The van der Waals surface area contributed by atoms with E-state index in [4.69, 9.17) is 16.9 Å². The third kappa shape index (κ3) is 4.44. The predicted molar refractivity (Wildman–Crippen MR) is 63.8 cm³/mol. The molecular formula is C11H9ClO3S. The van der Waals surface area contributed by atoms with E-state index in [-0.39, 0.29) is 5.56 Å². The van der Waals surface area contributed by atoms with Crippen LogP contribution in [0.25, 0.3) is 0 Å². The molecule has 0 saturated carbocycles. The van der Waals surface area contributed by atoms with Crippen LogP contribution >= 0.6 is 22.9 Å². The highest BCUT2D eigenvalue weighted by atomic mass is 35.5. The lowest BCUT2D eigenvalue weighted by Gasteiger charge is -1.95. The van der Waals surface area contributed by atoms with Crippen LogP contribution in [0, 0.1) is 0 Å². The SMILES string of the molecule is O=C(OO)c1cccc(Cl)c1.c1ccsc1. The fourth-order valence-electron chi connectivity index (χ4n) is 0.895. The third-order valence-electron chi connectivity index (χ3n) is 1.57. The largest absolute Gasteiger partial charge is 0.372 e. The van der Waals surface area contributed by atoms with E-state index in [1.807, 2.05) is 22.9 Å². The van der Waals surface area contributed by atoms with Gasteiger partial charge in [-0.05, 0) is 29.0 Å². The Bertz CT molecular complexity index is 411. The fourth-order valence-corrected chi connectivity index (χ4v) is 1.54. The van der Waals surface area contributed by atoms with E-state index < -0.39 is 5.97 Å². The first-order chi connectivity index (χ1) is 7.74. The first-order valence-corrected chi connectivity index (χ1v) is 5.64. The van der Waals surface area contributed by atoms with Crippen LogP contribution in [0.5, 0.6) is 0 Å². The van der Waals surface area contributed by atoms with Crippen molar-refractivity contribution < 1.29 is 14.9 Å². The van der Waals surface area contributed by atoms with E-state index in [2.05, 4.69) is 4.89 Å². The Labute approximate surface area is 102 Å². The first kappa shape index (κ1) is 12.7. The molecule has 84 valence electrons. The lowest BCUT2D eigenvalue weighted by molar-refractivity contribution is -0.182. The molecule has 0 spiro atoms. The van der Waals surface area contributed by atoms with Gasteiger partial charge in [0, 0.05) is 5.02 Å². The zero-order valence-corrected chi connectivity index (χ0v) is 9.74. The molecule has 16 heavy (non-hydrogen) atoms. The Morgan fingerprint density at radius 2 is 1.94 bits per heavy atom. The van der Waals surface area contributed by atoms with Crippen molar-refractivity contribution in [2.45, 2.75) is 0 Å². The Hall–Kier alpha value is -1.36. The van der Waals surface area contributed by atoms with Crippen LogP contribution in [0.4, 0.5) is 0 Å². The van der Waals surface area contributed by atoms with Crippen molar-refractivity contribution in [1.29, 1.82) is 0 Å². The molecule has 0 fully saturated rings. The molecule has 3 nitrogen and oxygen atoms in total. The topological polar surface area (TPSA) is 46.5 Å². The van der Waals surface area contributed by atoms with Crippen molar-refractivity contribution in [3.63, 3.8) is 0 Å². The quantitative estimate of drug-likeness (QED) is 0.625. The van der Waals surface area contributed by atoms with Crippen LogP contribution in [-0.4, -0.2) is 11.2 Å². The van der Waals surface area contributed by atoms with E-state index in [0.29, 0.717) is 5.02 Å². The Kier molecular flexibility index (Phi) is 5.56. The fraction of sp³-hybridized carbons (Fsp3) is 0. The number of rotatable bonds is 1. The van der Waals surface area contributed by atoms with Crippen LogP contribution in [-0.2, 0) is 4.89 Å². The highest BCUT2D eigenvalue weighted by molar-refractivity contribution is 7.07. The smallest absolute Gasteiger partial charge is 0.296 e. The summed E-state index contributed by atoms with van der Waals surface area (Å²) in [6.45, 7) is 0. The van der Waals surface area contributed by atoms with Crippen molar-refractivity contribution in [1.82, 2.24) is 0 Å². The molecule has 1 aromatic carbocycles. The summed E-state index contributed by atoms with van der Waals surface area (Å²) in [5.74, 6) is -0.813. The maximum absolute atomic E-state index is 10.6. The molecular weight excluding hydrogens is 248 g/mol. The number of thiophene rings is 1. The molecule has 0 saturated heterocycles. The molecule has 0 unspecified atom stereocenters. The van der Waals surface area contributed by atoms with E-state index in [1.54, 1.807) is 23.5 Å². The highest BCUT2D eigenvalue weighted by Gasteiger charge is 2.05. The van der Waals surface area contributed by atoms with Gasteiger partial charge in [-0.2, -0.15) is 16.6 Å². The minimum Gasteiger partial charge on any atom is -0.296 e. The van der Waals surface area contributed by atoms with Gasteiger partial charge in [0.15, 0.2) is 0 Å². The summed E-state index contributed by atoms with van der Waals surface area (Å²) in [6.07, 6.45) is 0. The number of halogens is 1. The van der Waals surface area contributed by atoms with Crippen LogP contribution < -0.4 is 0 Å². The van der Waals surface area contributed by atoms with Gasteiger partial charge in [0.2, 0.25) is 0 Å². The summed E-state index contributed by atoms with van der Waals surface area (Å²) in [5, 5.41) is 12.5. The molecule has 2 rings (SSSR count). The lowest BCUT2D eigenvalue weighted by atomic mass is 10.2. The maximum Gasteiger partial charge on any atom is 0.372 e. The van der Waals surface area contributed by atoms with Crippen molar-refractivity contribution in [3.05, 3.63) is 57.7 Å². The van der Waals surface area contributed by atoms with Crippen molar-refractivity contribution in [3.8, 4) is 0 Å². The summed E-state index contributed by atoms with van der Waals surface area (Å²) in [4.78, 5) is 14.1. The first-order valence-electron chi connectivity index (χ1n) is 4.32. The van der Waals surface area contributed by atoms with E-state index in [1.165, 1.54) is 12.1 Å². The summed E-state index contributed by atoms with van der Waals surface area (Å²) in [5.41, 5.74) is 0.222. The van der Waals surface area contributed by atoms with Crippen LogP contribution in [0.15, 0.2) is 47.2 Å². The molecule has 0 radical (unpaired) electrons. The Morgan fingerprint density at radius 3 is 2.38 bits per heavy atom. The van der Waals surface area contributed by atoms with Crippen molar-refractivity contribution in [2.24, 2.45) is 0 Å². The van der Waals surface area contributed by atoms with Gasteiger partial charge in [-0.3, -0.25) is 4.89 Å². The summed E-state index contributed by atoms with van der Waals surface area (Å²) < 4.78 is 0. The second kappa shape index (κ2) is 7.00. The zero-order chi connectivity index (χ0) is 11.8. The van der Waals surface area contributed by atoms with Gasteiger partial charge in [0.1, 0.15) is 0 Å². The number of carbonyl (C=O) groups is 1. The molecule has 0 bridgehead atoms. The van der Waals surface area contributed by atoms with Gasteiger partial charge in [-0.25, -0.2) is 4.79 Å². The molecule has 2 aromatic rings. The molecule has 1 aromatic heterocycles. The molecule has 0 amide bonds. The monoisotopic (exact) mass is 256 g/mol. The Morgan fingerprint density at radius 1 is 1.25 bits per heavy atom. The zero-order valence-electron chi connectivity index (χ0n) is 8.17. The number of benzene rings is 1. The molecule has 5 heteroatoms. The van der Waals surface area contributed by atoms with Crippen molar-refractivity contribution in [2.75, 3.05) is 0 Å². The predicted octanol–water partition coefficient (Wildman–Crippen LogP) is 3.72. The summed E-state index contributed by atoms with van der Waals surface area (Å²) >= 11 is 7.27. The molecule has 0 aliphatic rings. The average Bonchev–Trinajstić information content (AvgIpc) is 2.86. The molecule has 0 aliphatic heterocycles. The summed E-state index contributed by atoms with van der Waals surface area (Å²) in [6, 6.07) is 10.1. The molecule has 0 atom stereocenters. The van der Waals surface area contributed by atoms with Gasteiger partial charge in [0.05, 0.1) is 5.56 Å². The molecule has 0 aliphatic carbocycles. The summed E-state index contributed by atoms with van der Waals surface area (Å²) in [7, 11) is 0. The van der Waals surface area contributed by atoms with Gasteiger partial charge in [0.25, 0.3) is 0 Å². The second-order valence-corrected chi connectivity index (χ2v) is 3.94. The van der Waals surface area contributed by atoms with E-state index >= 15 is 0 Å². The third-order valence-corrected chi connectivity index (χ3v) is 2.43. The Balaban J connectivity index is 0.000000212. The normalized spacial score (nSPS) is 8.88. The van der Waals surface area contributed by atoms with Crippen LogP contribution in [0.2, 0.25) is 5.02 Å². The van der Waals surface area contributed by atoms with Crippen molar-refractivity contribution >= 4 is 28.9 Å². The van der Waals surface area contributed by atoms with Gasteiger partial charge in [-0.15, -0.1) is 0 Å². The van der Waals surface area contributed by atoms with E-state index in [9.17, 15) is 4.79 Å².